The van der Waals surface area contributed by atoms with Gasteiger partial charge in [0.2, 0.25) is 5.91 Å². The van der Waals surface area contributed by atoms with Gasteiger partial charge in [-0.15, -0.1) is 12.4 Å². The van der Waals surface area contributed by atoms with Crippen molar-refractivity contribution in [3.8, 4) is 0 Å². The Balaban J connectivity index is 0.00000220. The SMILES string of the molecule is CCC1(CC)NC(=O)N(CC(=O)N2CCC(N)C2)C1=O.Cl. The van der Waals surface area contributed by atoms with E-state index >= 15 is 0 Å². The minimum atomic E-state index is -0.848. The molecule has 2 aliphatic rings. The number of carbonyl (C=O) groups is 3. The molecule has 0 bridgehead atoms. The highest BCUT2D eigenvalue weighted by atomic mass is 35.5. The van der Waals surface area contributed by atoms with Gasteiger partial charge in [-0.1, -0.05) is 13.8 Å². The first kappa shape index (κ1) is 17.7. The number of urea groups is 1. The van der Waals surface area contributed by atoms with Crippen LogP contribution in [-0.4, -0.2) is 58.9 Å². The number of carbonyl (C=O) groups excluding carboxylic acids is 3. The van der Waals surface area contributed by atoms with E-state index in [9.17, 15) is 14.4 Å². The maximum atomic E-state index is 12.4. The number of hydrogen-bond donors (Lipinski definition) is 2. The number of nitrogens with two attached hydrogens (primary N) is 1. The predicted octanol–water partition coefficient (Wildman–Crippen LogP) is 0.0784. The first-order chi connectivity index (χ1) is 9.43. The van der Waals surface area contributed by atoms with E-state index in [1.807, 2.05) is 13.8 Å². The minimum absolute atomic E-state index is 0. The van der Waals surface area contributed by atoms with E-state index in [1.165, 1.54) is 0 Å². The summed E-state index contributed by atoms with van der Waals surface area (Å²) >= 11 is 0. The molecule has 2 aliphatic heterocycles. The number of amides is 4. The maximum absolute atomic E-state index is 12.4. The van der Waals surface area contributed by atoms with Crippen LogP contribution in [0.4, 0.5) is 4.79 Å². The fourth-order valence-corrected chi connectivity index (χ4v) is 2.80. The topological polar surface area (TPSA) is 95.7 Å². The van der Waals surface area contributed by atoms with Crippen molar-refractivity contribution in [2.24, 2.45) is 5.73 Å². The molecular weight excluding hydrogens is 296 g/mol. The van der Waals surface area contributed by atoms with Crippen molar-refractivity contribution in [1.29, 1.82) is 0 Å². The maximum Gasteiger partial charge on any atom is 0.325 e. The second kappa shape index (κ2) is 6.62. The lowest BCUT2D eigenvalue weighted by Crippen LogP contribution is -2.47. The van der Waals surface area contributed by atoms with Crippen LogP contribution >= 0.6 is 12.4 Å². The van der Waals surface area contributed by atoms with E-state index in [0.29, 0.717) is 25.9 Å². The lowest BCUT2D eigenvalue weighted by Gasteiger charge is -2.23. The van der Waals surface area contributed by atoms with Crippen molar-refractivity contribution >= 4 is 30.3 Å². The quantitative estimate of drug-likeness (QED) is 0.717. The van der Waals surface area contributed by atoms with E-state index in [0.717, 1.165) is 11.3 Å². The van der Waals surface area contributed by atoms with E-state index in [2.05, 4.69) is 5.32 Å². The molecule has 1 unspecified atom stereocenters. The zero-order valence-corrected chi connectivity index (χ0v) is 13.2. The molecule has 0 saturated carbocycles. The highest BCUT2D eigenvalue weighted by molar-refractivity contribution is 6.09. The van der Waals surface area contributed by atoms with Gasteiger partial charge >= 0.3 is 6.03 Å². The first-order valence-corrected chi connectivity index (χ1v) is 7.11. The molecule has 4 amide bonds. The number of nitrogens with one attached hydrogen (secondary N) is 1. The Hall–Kier alpha value is -1.34. The zero-order chi connectivity index (χ0) is 14.9. The van der Waals surface area contributed by atoms with Crippen LogP contribution in [-0.2, 0) is 9.59 Å². The van der Waals surface area contributed by atoms with Crippen LogP contribution in [0.15, 0.2) is 0 Å². The van der Waals surface area contributed by atoms with Crippen molar-refractivity contribution in [2.75, 3.05) is 19.6 Å². The third kappa shape index (κ3) is 3.13. The fraction of sp³-hybridized carbons (Fsp3) is 0.769. The molecule has 0 aliphatic carbocycles. The van der Waals surface area contributed by atoms with Crippen molar-refractivity contribution in [1.82, 2.24) is 15.1 Å². The standard InChI is InChI=1S/C13H22N4O3.ClH/c1-3-13(4-2)11(19)17(12(20)15-13)8-10(18)16-6-5-9(14)7-16;/h9H,3-8,14H2,1-2H3,(H,15,20);1H. The van der Waals surface area contributed by atoms with Gasteiger partial charge in [0, 0.05) is 19.1 Å². The lowest BCUT2D eigenvalue weighted by molar-refractivity contribution is -0.138. The Morgan fingerprint density at radius 3 is 2.43 bits per heavy atom. The molecule has 7 nitrogen and oxygen atoms in total. The summed E-state index contributed by atoms with van der Waals surface area (Å²) in [6, 6.07) is -0.483. The summed E-state index contributed by atoms with van der Waals surface area (Å²) in [5.74, 6) is -0.520. The molecule has 0 aromatic heterocycles. The van der Waals surface area contributed by atoms with Crippen molar-refractivity contribution in [3.63, 3.8) is 0 Å². The summed E-state index contributed by atoms with van der Waals surface area (Å²) in [5, 5.41) is 2.71. The summed E-state index contributed by atoms with van der Waals surface area (Å²) in [6.45, 7) is 4.60. The normalized spacial score (nSPS) is 24.0. The number of halogens is 1. The summed E-state index contributed by atoms with van der Waals surface area (Å²) in [6.07, 6.45) is 1.81. The zero-order valence-electron chi connectivity index (χ0n) is 12.4. The largest absolute Gasteiger partial charge is 0.340 e. The highest BCUT2D eigenvalue weighted by Crippen LogP contribution is 2.25. The fourth-order valence-electron chi connectivity index (χ4n) is 2.80. The van der Waals surface area contributed by atoms with Gasteiger partial charge in [-0.2, -0.15) is 0 Å². The number of imide groups is 1. The second-order valence-corrected chi connectivity index (χ2v) is 5.50. The van der Waals surface area contributed by atoms with Crippen molar-refractivity contribution in [3.05, 3.63) is 0 Å². The number of hydrogen-bond acceptors (Lipinski definition) is 4. The molecule has 0 radical (unpaired) electrons. The van der Waals surface area contributed by atoms with Crippen LogP contribution in [0.2, 0.25) is 0 Å². The Morgan fingerprint density at radius 1 is 1.38 bits per heavy atom. The predicted molar refractivity (Wildman–Crippen MR) is 80.0 cm³/mol. The van der Waals surface area contributed by atoms with Crippen LogP contribution < -0.4 is 11.1 Å². The molecule has 2 fully saturated rings. The molecular formula is C13H23ClN4O3. The van der Waals surface area contributed by atoms with E-state index in [4.69, 9.17) is 5.73 Å². The number of nitrogens with zero attached hydrogens (tertiary/aromatic N) is 2. The monoisotopic (exact) mass is 318 g/mol. The van der Waals surface area contributed by atoms with Gasteiger partial charge in [0.25, 0.3) is 5.91 Å². The van der Waals surface area contributed by atoms with Gasteiger partial charge in [0.15, 0.2) is 0 Å². The third-order valence-corrected chi connectivity index (χ3v) is 4.32. The molecule has 0 spiro atoms. The van der Waals surface area contributed by atoms with Gasteiger partial charge in [0.05, 0.1) is 0 Å². The smallest absolute Gasteiger partial charge is 0.325 e. The summed E-state index contributed by atoms with van der Waals surface area (Å²) < 4.78 is 0. The second-order valence-electron chi connectivity index (χ2n) is 5.50. The Kier molecular flexibility index (Phi) is 5.58. The Morgan fingerprint density at radius 2 is 2.00 bits per heavy atom. The van der Waals surface area contributed by atoms with E-state index < -0.39 is 11.6 Å². The molecule has 8 heteroatoms. The Bertz CT molecular complexity index is 439. The number of rotatable bonds is 4. The third-order valence-electron chi connectivity index (χ3n) is 4.32. The molecule has 0 aromatic rings. The molecule has 0 aromatic carbocycles. The first-order valence-electron chi connectivity index (χ1n) is 7.11. The van der Waals surface area contributed by atoms with Crippen LogP contribution in [0, 0.1) is 0 Å². The van der Waals surface area contributed by atoms with Crippen LogP contribution in [0.25, 0.3) is 0 Å². The van der Waals surface area contributed by atoms with Gasteiger partial charge in [-0.3, -0.25) is 14.5 Å². The average Bonchev–Trinajstić information content (AvgIpc) is 2.96. The average molecular weight is 319 g/mol. The van der Waals surface area contributed by atoms with E-state index in [1.54, 1.807) is 4.90 Å². The summed E-state index contributed by atoms with van der Waals surface area (Å²) in [4.78, 5) is 39.1. The Labute approximate surface area is 130 Å². The van der Waals surface area contributed by atoms with Gasteiger partial charge in [-0.05, 0) is 19.3 Å². The van der Waals surface area contributed by atoms with Crippen molar-refractivity contribution < 1.29 is 14.4 Å². The molecule has 2 rings (SSSR count). The van der Waals surface area contributed by atoms with Crippen LogP contribution in [0.5, 0.6) is 0 Å². The molecule has 1 atom stereocenters. The van der Waals surface area contributed by atoms with Gasteiger partial charge < -0.3 is 16.0 Å². The summed E-state index contributed by atoms with van der Waals surface area (Å²) in [5.41, 5.74) is 4.91. The molecule has 21 heavy (non-hydrogen) atoms. The van der Waals surface area contributed by atoms with Crippen molar-refractivity contribution in [2.45, 2.75) is 44.7 Å². The molecule has 2 heterocycles. The molecule has 3 N–H and O–H groups in total. The lowest BCUT2D eigenvalue weighted by atomic mass is 9.93. The van der Waals surface area contributed by atoms with Crippen LogP contribution in [0.3, 0.4) is 0 Å². The minimum Gasteiger partial charge on any atom is -0.340 e. The molecule has 2 saturated heterocycles. The molecule has 120 valence electrons. The van der Waals surface area contributed by atoms with Gasteiger partial charge in [0.1, 0.15) is 12.1 Å². The number of likely N-dealkylation sites (tertiary alicyclic amines) is 1. The van der Waals surface area contributed by atoms with Gasteiger partial charge in [-0.25, -0.2) is 4.79 Å². The van der Waals surface area contributed by atoms with Crippen LogP contribution in [0.1, 0.15) is 33.1 Å². The highest BCUT2D eigenvalue weighted by Gasteiger charge is 2.49. The summed E-state index contributed by atoms with van der Waals surface area (Å²) in [7, 11) is 0. The van der Waals surface area contributed by atoms with E-state index in [-0.39, 0.29) is 36.8 Å².